The number of carbonyl (C=O) groups excluding carboxylic acids is 2. The van der Waals surface area contributed by atoms with Gasteiger partial charge in [0.05, 0.1) is 29.4 Å². The Balaban J connectivity index is 1.54. The largest absolute Gasteiger partial charge is 0.443 e. The zero-order valence-corrected chi connectivity index (χ0v) is 28.0. The van der Waals surface area contributed by atoms with Crippen LogP contribution in [0.3, 0.4) is 0 Å². The number of carbonyl (C=O) groups is 2. The van der Waals surface area contributed by atoms with Crippen LogP contribution in [0.2, 0.25) is 0 Å². The number of alkyl halides is 6. The first kappa shape index (κ1) is 36.1. The van der Waals surface area contributed by atoms with E-state index < -0.39 is 59.0 Å². The molecule has 0 bridgehead atoms. The zero-order chi connectivity index (χ0) is 35.9. The lowest BCUT2D eigenvalue weighted by Crippen LogP contribution is -2.39. The number of hydrogen-bond donors (Lipinski definition) is 0. The molecular formula is C35H40F6N4O4. The van der Waals surface area contributed by atoms with Crippen LogP contribution < -0.4 is 4.90 Å². The SMILES string of the molecule is CCN(c1ncc(-c2cccn2C(=O)OC(C)(C)C)cc1CN1C(=O)O[C@@H](c2cc(C(F)(F)F)cc(C(F)(F)F)c2)[C@@H]1C)C1CCCCC1. The van der Waals surface area contributed by atoms with Gasteiger partial charge in [0.15, 0.2) is 0 Å². The predicted molar refractivity (Wildman–Crippen MR) is 170 cm³/mol. The number of anilines is 1. The highest BCUT2D eigenvalue weighted by atomic mass is 19.4. The summed E-state index contributed by atoms with van der Waals surface area (Å²) < 4.78 is 94.3. The molecule has 2 aliphatic rings. The van der Waals surface area contributed by atoms with Crippen molar-refractivity contribution in [2.24, 2.45) is 0 Å². The van der Waals surface area contributed by atoms with Crippen molar-refractivity contribution in [3.8, 4) is 11.3 Å². The van der Waals surface area contributed by atoms with Gasteiger partial charge in [0.25, 0.3) is 0 Å². The fourth-order valence-corrected chi connectivity index (χ4v) is 6.56. The van der Waals surface area contributed by atoms with Crippen molar-refractivity contribution in [2.75, 3.05) is 11.4 Å². The lowest BCUT2D eigenvalue weighted by molar-refractivity contribution is -0.143. The molecule has 1 aliphatic heterocycles. The lowest BCUT2D eigenvalue weighted by Gasteiger charge is -2.36. The van der Waals surface area contributed by atoms with E-state index in [0.29, 0.717) is 41.3 Å². The van der Waals surface area contributed by atoms with Gasteiger partial charge in [0.2, 0.25) is 0 Å². The van der Waals surface area contributed by atoms with Crippen molar-refractivity contribution in [3.63, 3.8) is 0 Å². The van der Waals surface area contributed by atoms with Crippen molar-refractivity contribution in [1.29, 1.82) is 0 Å². The van der Waals surface area contributed by atoms with Gasteiger partial charge >= 0.3 is 24.5 Å². The highest BCUT2D eigenvalue weighted by molar-refractivity contribution is 5.79. The van der Waals surface area contributed by atoms with Crippen LogP contribution in [0, 0.1) is 0 Å². The van der Waals surface area contributed by atoms with E-state index in [0.717, 1.165) is 32.1 Å². The van der Waals surface area contributed by atoms with Crippen LogP contribution in [0.15, 0.2) is 48.8 Å². The number of aromatic nitrogens is 2. The molecule has 1 saturated heterocycles. The van der Waals surface area contributed by atoms with Crippen LogP contribution in [0.5, 0.6) is 0 Å². The number of amides is 1. The number of rotatable bonds is 7. The minimum atomic E-state index is -5.05. The number of halogens is 6. The van der Waals surface area contributed by atoms with Gasteiger partial charge in [-0.05, 0) is 89.4 Å². The van der Waals surface area contributed by atoms with Gasteiger partial charge in [0.1, 0.15) is 17.5 Å². The third-order valence-electron chi connectivity index (χ3n) is 8.88. The molecule has 2 atom stereocenters. The van der Waals surface area contributed by atoms with E-state index in [1.54, 1.807) is 51.4 Å². The van der Waals surface area contributed by atoms with Crippen molar-refractivity contribution in [3.05, 3.63) is 71.0 Å². The average molecular weight is 695 g/mol. The number of benzene rings is 1. The summed E-state index contributed by atoms with van der Waals surface area (Å²) in [5.41, 5.74) is -2.55. The fourth-order valence-electron chi connectivity index (χ4n) is 6.56. The molecule has 1 aliphatic carbocycles. The molecule has 2 fully saturated rings. The second-order valence-corrected chi connectivity index (χ2v) is 13.5. The first-order chi connectivity index (χ1) is 22.9. The van der Waals surface area contributed by atoms with Gasteiger partial charge in [-0.3, -0.25) is 9.47 Å². The Morgan fingerprint density at radius 1 is 1.00 bits per heavy atom. The van der Waals surface area contributed by atoms with Crippen molar-refractivity contribution in [1.82, 2.24) is 14.5 Å². The van der Waals surface area contributed by atoms with E-state index in [1.165, 1.54) is 16.4 Å². The normalized spacial score (nSPS) is 19.2. The Morgan fingerprint density at radius 2 is 1.63 bits per heavy atom. The van der Waals surface area contributed by atoms with Gasteiger partial charge in [0, 0.05) is 36.1 Å². The molecule has 1 aromatic carbocycles. The summed E-state index contributed by atoms with van der Waals surface area (Å²) in [6.07, 6.45) is -4.70. The lowest BCUT2D eigenvalue weighted by atomic mass is 9.93. The molecule has 8 nitrogen and oxygen atoms in total. The van der Waals surface area contributed by atoms with Crippen molar-refractivity contribution in [2.45, 2.75) is 109 Å². The van der Waals surface area contributed by atoms with Crippen molar-refractivity contribution < 1.29 is 45.4 Å². The molecule has 1 saturated carbocycles. The summed E-state index contributed by atoms with van der Waals surface area (Å²) in [7, 11) is 0. The highest BCUT2D eigenvalue weighted by Gasteiger charge is 2.44. The van der Waals surface area contributed by atoms with Crippen LogP contribution >= 0.6 is 0 Å². The molecule has 5 rings (SSSR count). The number of pyridine rings is 1. The molecule has 1 amide bonds. The summed E-state index contributed by atoms with van der Waals surface area (Å²) >= 11 is 0. The third kappa shape index (κ3) is 7.99. The minimum absolute atomic E-state index is 0.0455. The van der Waals surface area contributed by atoms with Gasteiger partial charge in [-0.2, -0.15) is 26.3 Å². The first-order valence-electron chi connectivity index (χ1n) is 16.3. The Hall–Kier alpha value is -4.23. The van der Waals surface area contributed by atoms with E-state index in [-0.39, 0.29) is 18.7 Å². The van der Waals surface area contributed by atoms with E-state index in [4.69, 9.17) is 14.5 Å². The molecule has 2 aromatic heterocycles. The topological polar surface area (TPSA) is 76.9 Å². The van der Waals surface area contributed by atoms with Crippen LogP contribution in [0.25, 0.3) is 11.3 Å². The first-order valence-corrected chi connectivity index (χ1v) is 16.3. The van der Waals surface area contributed by atoms with Gasteiger partial charge in [-0.25, -0.2) is 14.6 Å². The Labute approximate surface area is 281 Å². The molecular weight excluding hydrogens is 654 g/mol. The van der Waals surface area contributed by atoms with Crippen LogP contribution in [0.1, 0.15) is 95.1 Å². The average Bonchev–Trinajstić information content (AvgIpc) is 3.62. The van der Waals surface area contributed by atoms with E-state index in [1.807, 2.05) is 6.92 Å². The summed E-state index contributed by atoms with van der Waals surface area (Å²) in [5.74, 6) is 0.593. The summed E-state index contributed by atoms with van der Waals surface area (Å²) in [5, 5.41) is 0. The zero-order valence-electron chi connectivity index (χ0n) is 28.0. The van der Waals surface area contributed by atoms with Gasteiger partial charge in [-0.15, -0.1) is 0 Å². The van der Waals surface area contributed by atoms with E-state index in [9.17, 15) is 35.9 Å². The van der Waals surface area contributed by atoms with E-state index >= 15 is 0 Å². The number of ether oxygens (including phenoxy) is 2. The summed E-state index contributed by atoms with van der Waals surface area (Å²) in [6.45, 7) is 9.27. The predicted octanol–water partition coefficient (Wildman–Crippen LogP) is 9.61. The van der Waals surface area contributed by atoms with Crippen molar-refractivity contribution >= 4 is 18.0 Å². The summed E-state index contributed by atoms with van der Waals surface area (Å²) in [4.78, 5) is 34.7. The highest BCUT2D eigenvalue weighted by Crippen LogP contribution is 2.42. The third-order valence-corrected chi connectivity index (χ3v) is 8.88. The maximum absolute atomic E-state index is 13.7. The Morgan fingerprint density at radius 3 is 2.20 bits per heavy atom. The molecule has 0 spiro atoms. The quantitative estimate of drug-likeness (QED) is 0.229. The number of cyclic esters (lactones) is 1. The van der Waals surface area contributed by atoms with Crippen LogP contribution in [-0.2, 0) is 28.4 Å². The fraction of sp³-hybridized carbons (Fsp3) is 0.514. The molecule has 3 heterocycles. The Bertz CT molecular complexity index is 1640. The second kappa shape index (κ2) is 13.6. The number of nitrogens with zero attached hydrogens (tertiary/aromatic N) is 4. The van der Waals surface area contributed by atoms with E-state index in [2.05, 4.69) is 4.90 Å². The van der Waals surface area contributed by atoms with Crippen LogP contribution in [0.4, 0.5) is 41.7 Å². The molecule has 14 heteroatoms. The molecule has 0 radical (unpaired) electrons. The monoisotopic (exact) mass is 694 g/mol. The second-order valence-electron chi connectivity index (χ2n) is 13.5. The summed E-state index contributed by atoms with van der Waals surface area (Å²) in [6, 6.07) is 5.67. The maximum Gasteiger partial charge on any atom is 0.418 e. The molecule has 0 N–H and O–H groups in total. The van der Waals surface area contributed by atoms with Crippen LogP contribution in [-0.4, -0.2) is 50.9 Å². The molecule has 49 heavy (non-hydrogen) atoms. The van der Waals surface area contributed by atoms with Gasteiger partial charge in [-0.1, -0.05) is 19.3 Å². The van der Waals surface area contributed by atoms with Gasteiger partial charge < -0.3 is 14.4 Å². The smallest absolute Gasteiger partial charge is 0.418 e. The Kier molecular flexibility index (Phi) is 10.00. The minimum Gasteiger partial charge on any atom is -0.443 e. The standard InChI is InChI=1S/C35H40F6N4O4/c1-6-43(27-11-8-7-9-12-27)30-24(15-23(19-42-30)28-13-10-14-44(28)32(47)49-33(3,4)5)20-45-21(2)29(48-31(45)46)22-16-25(34(36,37)38)18-26(17-22)35(39,40)41/h10,13-19,21,27,29H,6-9,11-12,20H2,1-5H3/t21-,29+/m0/s1. The molecule has 3 aromatic rings. The molecule has 266 valence electrons. The maximum atomic E-state index is 13.7. The molecule has 0 unspecified atom stereocenters. The number of hydrogen-bond acceptors (Lipinski definition) is 6.